The third kappa shape index (κ3) is 4.84. The minimum absolute atomic E-state index is 0.541. The third-order valence-electron chi connectivity index (χ3n) is 12.4. The second-order valence-corrected chi connectivity index (χ2v) is 16.0. The van der Waals surface area contributed by atoms with Crippen LogP contribution >= 0.6 is 0 Å². The fourth-order valence-electron chi connectivity index (χ4n) is 9.51. The molecule has 0 spiro atoms. The molecular formula is C55H30N4O3. The van der Waals surface area contributed by atoms with E-state index in [0.717, 1.165) is 110 Å². The van der Waals surface area contributed by atoms with Crippen LogP contribution in [0.3, 0.4) is 0 Å². The number of benzene rings is 9. The number of furan rings is 3. The van der Waals surface area contributed by atoms with E-state index in [9.17, 15) is 0 Å². The first-order valence-electron chi connectivity index (χ1n) is 20.7. The number of hydrogen-bond donors (Lipinski definition) is 0. The molecule has 14 aromatic rings. The standard InChI is InChI=1S/C55H30N4O3/c1-2-12-32-29-45-40(25-31(32)11-1)36-13-3-7-17-44(36)59(45)46-30-35(28-43-39-16-6-10-20-49(39)62-52(43)46)55-57-53(33-21-23-50-41(26-33)37-14-4-8-18-47(37)60-50)56-54(58-55)34-22-24-51-42(27-34)38-15-5-9-19-48(38)61-51/h1-30H. The van der Waals surface area contributed by atoms with Gasteiger partial charge in [0.05, 0.1) is 16.7 Å². The molecule has 14 rings (SSSR count). The Morgan fingerprint density at radius 1 is 0.306 bits per heavy atom. The second kappa shape index (κ2) is 12.5. The first-order valence-corrected chi connectivity index (χ1v) is 20.7. The number of para-hydroxylation sites is 4. The highest BCUT2D eigenvalue weighted by molar-refractivity contribution is 6.16. The van der Waals surface area contributed by atoms with Crippen molar-refractivity contribution in [2.75, 3.05) is 0 Å². The average molecular weight is 795 g/mol. The second-order valence-electron chi connectivity index (χ2n) is 16.0. The van der Waals surface area contributed by atoms with E-state index in [1.807, 2.05) is 72.8 Å². The zero-order chi connectivity index (χ0) is 40.5. The minimum Gasteiger partial charge on any atom is -0.456 e. The zero-order valence-electron chi connectivity index (χ0n) is 32.8. The normalized spacial score (nSPS) is 12.2. The van der Waals surface area contributed by atoms with Gasteiger partial charge in [-0.1, -0.05) is 97.1 Å². The Kier molecular flexibility index (Phi) is 6.71. The fraction of sp³-hybridized carbons (Fsp3) is 0. The maximum absolute atomic E-state index is 6.81. The molecule has 0 aliphatic heterocycles. The highest BCUT2D eigenvalue weighted by atomic mass is 16.3. The van der Waals surface area contributed by atoms with Crippen LogP contribution in [0.1, 0.15) is 0 Å². The van der Waals surface area contributed by atoms with E-state index >= 15 is 0 Å². The lowest BCUT2D eigenvalue weighted by atomic mass is 10.1. The first-order chi connectivity index (χ1) is 30.7. The lowest BCUT2D eigenvalue weighted by Gasteiger charge is -2.13. The van der Waals surface area contributed by atoms with Crippen LogP contribution in [0, 0.1) is 0 Å². The lowest BCUT2D eigenvalue weighted by molar-refractivity contribution is 0.666. The Balaban J connectivity index is 1.07. The smallest absolute Gasteiger partial charge is 0.164 e. The summed E-state index contributed by atoms with van der Waals surface area (Å²) < 4.78 is 21.6. The summed E-state index contributed by atoms with van der Waals surface area (Å²) in [6.45, 7) is 0. The Morgan fingerprint density at radius 3 is 1.40 bits per heavy atom. The van der Waals surface area contributed by atoms with Crippen LogP contribution in [-0.4, -0.2) is 19.5 Å². The largest absolute Gasteiger partial charge is 0.456 e. The Morgan fingerprint density at radius 2 is 0.774 bits per heavy atom. The van der Waals surface area contributed by atoms with Crippen molar-refractivity contribution in [1.29, 1.82) is 0 Å². The van der Waals surface area contributed by atoms with E-state index in [2.05, 4.69) is 114 Å². The van der Waals surface area contributed by atoms with E-state index in [4.69, 9.17) is 28.2 Å². The van der Waals surface area contributed by atoms with Gasteiger partial charge in [0.1, 0.15) is 27.9 Å². The van der Waals surface area contributed by atoms with Gasteiger partial charge in [-0.25, -0.2) is 15.0 Å². The minimum atomic E-state index is 0.541. The van der Waals surface area contributed by atoms with E-state index in [1.165, 1.54) is 10.8 Å². The van der Waals surface area contributed by atoms with Gasteiger partial charge in [0.2, 0.25) is 0 Å². The number of fused-ring (bicyclic) bond motifs is 13. The van der Waals surface area contributed by atoms with E-state index < -0.39 is 0 Å². The molecule has 0 fully saturated rings. The molecule has 5 aromatic heterocycles. The molecule has 0 saturated heterocycles. The Labute approximate surface area is 351 Å². The summed E-state index contributed by atoms with van der Waals surface area (Å²) in [5, 5.41) is 10.8. The van der Waals surface area contributed by atoms with Crippen molar-refractivity contribution >= 4 is 98.4 Å². The van der Waals surface area contributed by atoms with Gasteiger partial charge in [-0.05, 0) is 95.7 Å². The summed E-state index contributed by atoms with van der Waals surface area (Å²) in [4.78, 5) is 15.9. The van der Waals surface area contributed by atoms with Gasteiger partial charge in [0.25, 0.3) is 0 Å². The van der Waals surface area contributed by atoms with Crippen LogP contribution in [0.25, 0.3) is 138 Å². The third-order valence-corrected chi connectivity index (χ3v) is 12.4. The number of hydrogen-bond acceptors (Lipinski definition) is 6. The van der Waals surface area contributed by atoms with Crippen LogP contribution < -0.4 is 0 Å². The topological polar surface area (TPSA) is 83.0 Å². The molecular weight excluding hydrogens is 765 g/mol. The van der Waals surface area contributed by atoms with Crippen LogP contribution in [0.5, 0.6) is 0 Å². The molecule has 0 aliphatic rings. The molecule has 0 unspecified atom stereocenters. The summed E-state index contributed by atoms with van der Waals surface area (Å²) in [6.07, 6.45) is 0. The van der Waals surface area contributed by atoms with Crippen LogP contribution in [0.4, 0.5) is 0 Å². The van der Waals surface area contributed by atoms with Crippen molar-refractivity contribution in [2.45, 2.75) is 0 Å². The van der Waals surface area contributed by atoms with Crippen molar-refractivity contribution < 1.29 is 13.3 Å². The van der Waals surface area contributed by atoms with Crippen molar-refractivity contribution in [3.8, 4) is 39.9 Å². The van der Waals surface area contributed by atoms with Gasteiger partial charge in [0.15, 0.2) is 23.1 Å². The van der Waals surface area contributed by atoms with Gasteiger partial charge >= 0.3 is 0 Å². The lowest BCUT2D eigenvalue weighted by Crippen LogP contribution is -2.01. The zero-order valence-corrected chi connectivity index (χ0v) is 32.8. The number of nitrogens with zero attached hydrogens (tertiary/aromatic N) is 4. The highest BCUT2D eigenvalue weighted by Crippen LogP contribution is 2.42. The summed E-state index contributed by atoms with van der Waals surface area (Å²) >= 11 is 0. The highest BCUT2D eigenvalue weighted by Gasteiger charge is 2.22. The van der Waals surface area contributed by atoms with Gasteiger partial charge in [0, 0.05) is 59.8 Å². The van der Waals surface area contributed by atoms with Crippen molar-refractivity contribution in [3.63, 3.8) is 0 Å². The molecule has 9 aromatic carbocycles. The Hall–Kier alpha value is -8.55. The summed E-state index contributed by atoms with van der Waals surface area (Å²) in [7, 11) is 0. The summed E-state index contributed by atoms with van der Waals surface area (Å²) in [5.41, 5.74) is 10.5. The maximum Gasteiger partial charge on any atom is 0.164 e. The molecule has 0 bridgehead atoms. The molecule has 7 heteroatoms. The molecule has 0 aliphatic carbocycles. The first kappa shape index (κ1) is 33.3. The molecule has 0 radical (unpaired) electrons. The van der Waals surface area contributed by atoms with Gasteiger partial charge in [-0.2, -0.15) is 0 Å². The molecule has 7 nitrogen and oxygen atoms in total. The van der Waals surface area contributed by atoms with E-state index in [0.29, 0.717) is 17.5 Å². The molecule has 0 amide bonds. The number of rotatable bonds is 4. The Bertz CT molecular complexity index is 4060. The van der Waals surface area contributed by atoms with E-state index in [1.54, 1.807) is 0 Å². The molecule has 0 atom stereocenters. The van der Waals surface area contributed by atoms with Gasteiger partial charge in [-0.3, -0.25) is 0 Å². The molecule has 62 heavy (non-hydrogen) atoms. The molecule has 0 saturated carbocycles. The van der Waals surface area contributed by atoms with Crippen LogP contribution in [-0.2, 0) is 0 Å². The predicted molar refractivity (Wildman–Crippen MR) is 250 cm³/mol. The monoisotopic (exact) mass is 794 g/mol. The van der Waals surface area contributed by atoms with Crippen LogP contribution in [0.15, 0.2) is 195 Å². The summed E-state index contributed by atoms with van der Waals surface area (Å²) in [6, 6.07) is 62.8. The summed E-state index contributed by atoms with van der Waals surface area (Å²) in [5.74, 6) is 1.65. The molecule has 0 N–H and O–H groups in total. The molecule has 5 heterocycles. The fourth-order valence-corrected chi connectivity index (χ4v) is 9.51. The van der Waals surface area contributed by atoms with Crippen molar-refractivity contribution in [1.82, 2.24) is 19.5 Å². The maximum atomic E-state index is 6.81. The van der Waals surface area contributed by atoms with Crippen molar-refractivity contribution in [3.05, 3.63) is 182 Å². The van der Waals surface area contributed by atoms with Crippen molar-refractivity contribution in [2.24, 2.45) is 0 Å². The van der Waals surface area contributed by atoms with E-state index in [-0.39, 0.29) is 0 Å². The molecule has 288 valence electrons. The quantitative estimate of drug-likeness (QED) is 0.176. The predicted octanol–water partition coefficient (Wildman–Crippen LogP) is 14.8. The van der Waals surface area contributed by atoms with Gasteiger partial charge in [-0.15, -0.1) is 0 Å². The average Bonchev–Trinajstić information content (AvgIpc) is 4.09. The van der Waals surface area contributed by atoms with Gasteiger partial charge < -0.3 is 17.8 Å². The number of aromatic nitrogens is 4. The van der Waals surface area contributed by atoms with Crippen LogP contribution in [0.2, 0.25) is 0 Å². The SMILES string of the molecule is c1ccc2cc3c(cc2c1)c1ccccc1n3-c1cc(-c2nc(-c3ccc4oc5ccccc5c4c3)nc(-c3ccc4oc5ccccc5c4c3)n2)cc2c1oc1ccccc12.